The van der Waals surface area contributed by atoms with Crippen molar-refractivity contribution in [2.45, 2.75) is 58.5 Å². The molecule has 1 fully saturated rings. The van der Waals surface area contributed by atoms with E-state index in [9.17, 15) is 0 Å². The van der Waals surface area contributed by atoms with Crippen LogP contribution in [0.15, 0.2) is 34.0 Å². The van der Waals surface area contributed by atoms with Crippen molar-refractivity contribution in [3.63, 3.8) is 0 Å². The topological polar surface area (TPSA) is 62.5 Å². The molecule has 1 aliphatic carbocycles. The van der Waals surface area contributed by atoms with Crippen molar-refractivity contribution in [3.8, 4) is 0 Å². The largest absolute Gasteiger partial charge is 0.469 e. The lowest BCUT2D eigenvalue weighted by Gasteiger charge is -2.31. The quantitative estimate of drug-likeness (QED) is 0.606. The molecular formula is C19H28N4OS. The fourth-order valence-electron chi connectivity index (χ4n) is 3.24. The summed E-state index contributed by atoms with van der Waals surface area (Å²) in [7, 11) is 0. The maximum absolute atomic E-state index is 5.41. The van der Waals surface area contributed by atoms with Gasteiger partial charge in [-0.15, -0.1) is 11.3 Å². The number of aryl methyl sites for hydroxylation is 1. The molecule has 25 heavy (non-hydrogen) atoms. The molecule has 136 valence electrons. The molecule has 6 heteroatoms. The molecule has 3 rings (SSSR count). The zero-order chi connectivity index (χ0) is 17.5. The standard InChI is InChI=1S/C19H28N4OS/c1-14-6-3-4-8-17(14)23-19(20-10-9-16-7-5-11-24-16)22-13-18-21-12-15(2)25-18/h5,7,11-12,14,17H,3-4,6,8-10,13H2,1-2H3,(H2,20,22,23). The fourth-order valence-corrected chi connectivity index (χ4v) is 3.95. The van der Waals surface area contributed by atoms with Crippen LogP contribution in [0.25, 0.3) is 0 Å². The number of hydrogen-bond acceptors (Lipinski definition) is 4. The van der Waals surface area contributed by atoms with Gasteiger partial charge in [0.1, 0.15) is 10.8 Å². The zero-order valence-electron chi connectivity index (χ0n) is 15.1. The summed E-state index contributed by atoms with van der Waals surface area (Å²) in [5, 5.41) is 8.16. The highest BCUT2D eigenvalue weighted by atomic mass is 32.1. The Bertz CT molecular complexity index is 665. The van der Waals surface area contributed by atoms with E-state index >= 15 is 0 Å². The van der Waals surface area contributed by atoms with Gasteiger partial charge in [0.05, 0.1) is 12.8 Å². The van der Waals surface area contributed by atoms with Crippen molar-refractivity contribution in [3.05, 3.63) is 40.2 Å². The molecule has 0 aromatic carbocycles. The Hall–Kier alpha value is -1.82. The first kappa shape index (κ1) is 18.0. The van der Waals surface area contributed by atoms with Crippen molar-refractivity contribution >= 4 is 17.3 Å². The molecule has 1 saturated carbocycles. The summed E-state index contributed by atoms with van der Waals surface area (Å²) >= 11 is 1.71. The highest BCUT2D eigenvalue weighted by Gasteiger charge is 2.22. The van der Waals surface area contributed by atoms with E-state index in [1.807, 2.05) is 18.3 Å². The highest BCUT2D eigenvalue weighted by Crippen LogP contribution is 2.23. The minimum atomic E-state index is 0.502. The molecule has 0 amide bonds. The van der Waals surface area contributed by atoms with Gasteiger partial charge in [0.25, 0.3) is 0 Å². The van der Waals surface area contributed by atoms with Crippen LogP contribution < -0.4 is 10.6 Å². The van der Waals surface area contributed by atoms with Crippen molar-refractivity contribution in [2.75, 3.05) is 6.54 Å². The molecule has 5 nitrogen and oxygen atoms in total. The summed E-state index contributed by atoms with van der Waals surface area (Å²) in [5.41, 5.74) is 0. The van der Waals surface area contributed by atoms with Gasteiger partial charge >= 0.3 is 0 Å². The normalized spacial score (nSPS) is 21.3. The Morgan fingerprint density at radius 3 is 3.00 bits per heavy atom. The van der Waals surface area contributed by atoms with Gasteiger partial charge in [-0.25, -0.2) is 9.98 Å². The van der Waals surface area contributed by atoms with E-state index in [4.69, 9.17) is 9.41 Å². The average molecular weight is 361 g/mol. The Balaban J connectivity index is 1.59. The molecule has 0 saturated heterocycles. The van der Waals surface area contributed by atoms with Gasteiger partial charge in [-0.2, -0.15) is 0 Å². The van der Waals surface area contributed by atoms with Crippen LogP contribution in [0.1, 0.15) is 48.3 Å². The molecular weight excluding hydrogens is 332 g/mol. The molecule has 0 bridgehead atoms. The summed E-state index contributed by atoms with van der Waals surface area (Å²) in [5.74, 6) is 2.57. The summed E-state index contributed by atoms with van der Waals surface area (Å²) in [4.78, 5) is 10.4. The summed E-state index contributed by atoms with van der Waals surface area (Å²) in [6.45, 7) is 5.84. The molecule has 2 unspecified atom stereocenters. The summed E-state index contributed by atoms with van der Waals surface area (Å²) < 4.78 is 5.41. The van der Waals surface area contributed by atoms with Crippen molar-refractivity contribution < 1.29 is 4.42 Å². The molecule has 0 spiro atoms. The fraction of sp³-hybridized carbons (Fsp3) is 0.579. The third-order valence-electron chi connectivity index (χ3n) is 4.72. The monoisotopic (exact) mass is 360 g/mol. The molecule has 2 heterocycles. The van der Waals surface area contributed by atoms with Crippen LogP contribution in [-0.4, -0.2) is 23.5 Å². The van der Waals surface area contributed by atoms with Crippen molar-refractivity contribution in [1.29, 1.82) is 0 Å². The number of thiazole rings is 1. The lowest BCUT2D eigenvalue weighted by Crippen LogP contribution is -2.47. The van der Waals surface area contributed by atoms with Crippen LogP contribution >= 0.6 is 11.3 Å². The SMILES string of the molecule is Cc1cnc(CN=C(NCCc2ccco2)NC2CCCCC2C)s1. The van der Waals surface area contributed by atoms with E-state index < -0.39 is 0 Å². The highest BCUT2D eigenvalue weighted by molar-refractivity contribution is 7.11. The summed E-state index contributed by atoms with van der Waals surface area (Å²) in [6.07, 6.45) is 9.64. The second kappa shape index (κ2) is 9.04. The second-order valence-electron chi connectivity index (χ2n) is 6.80. The molecule has 0 aliphatic heterocycles. The average Bonchev–Trinajstić information content (AvgIpc) is 3.26. The van der Waals surface area contributed by atoms with Gasteiger partial charge in [0.15, 0.2) is 5.96 Å². The molecule has 2 N–H and O–H groups in total. The van der Waals surface area contributed by atoms with Gasteiger partial charge in [-0.3, -0.25) is 0 Å². The van der Waals surface area contributed by atoms with Gasteiger partial charge in [0.2, 0.25) is 0 Å². The predicted octanol–water partition coefficient (Wildman–Crippen LogP) is 3.90. The first-order valence-corrected chi connectivity index (χ1v) is 10.0. The maximum Gasteiger partial charge on any atom is 0.191 e. The van der Waals surface area contributed by atoms with Gasteiger partial charge in [-0.1, -0.05) is 19.8 Å². The maximum atomic E-state index is 5.41. The number of rotatable bonds is 6. The lowest BCUT2D eigenvalue weighted by atomic mass is 9.86. The van der Waals surface area contributed by atoms with Crippen LogP contribution in [0, 0.1) is 12.8 Å². The van der Waals surface area contributed by atoms with Crippen molar-refractivity contribution in [1.82, 2.24) is 15.6 Å². The van der Waals surface area contributed by atoms with Crippen molar-refractivity contribution in [2.24, 2.45) is 10.9 Å². The number of aromatic nitrogens is 1. The molecule has 1 aliphatic rings. The molecule has 2 aromatic heterocycles. The smallest absolute Gasteiger partial charge is 0.191 e. The van der Waals surface area contributed by atoms with Crippen LogP contribution in [0.4, 0.5) is 0 Å². The number of nitrogens with zero attached hydrogens (tertiary/aromatic N) is 2. The van der Waals surface area contributed by atoms with Crippen LogP contribution in [-0.2, 0) is 13.0 Å². The Morgan fingerprint density at radius 2 is 2.28 bits per heavy atom. The van der Waals surface area contributed by atoms with E-state index in [1.54, 1.807) is 17.6 Å². The minimum Gasteiger partial charge on any atom is -0.469 e. The van der Waals surface area contributed by atoms with E-state index in [-0.39, 0.29) is 0 Å². The lowest BCUT2D eigenvalue weighted by molar-refractivity contribution is 0.306. The van der Waals surface area contributed by atoms with Crippen LogP contribution in [0.2, 0.25) is 0 Å². The Kier molecular flexibility index (Phi) is 6.50. The number of hydrogen-bond donors (Lipinski definition) is 2. The molecule has 2 atom stereocenters. The Labute approximate surface area is 154 Å². The van der Waals surface area contributed by atoms with E-state index in [0.717, 1.165) is 29.7 Å². The molecule has 0 radical (unpaired) electrons. The zero-order valence-corrected chi connectivity index (χ0v) is 15.9. The third kappa shape index (κ3) is 5.59. The van der Waals surface area contributed by atoms with E-state index in [2.05, 4.69) is 29.5 Å². The van der Waals surface area contributed by atoms with E-state index in [0.29, 0.717) is 18.5 Å². The minimum absolute atomic E-state index is 0.502. The molecule has 2 aromatic rings. The number of furan rings is 1. The predicted molar refractivity (Wildman–Crippen MR) is 103 cm³/mol. The van der Waals surface area contributed by atoms with Gasteiger partial charge in [0, 0.05) is 30.1 Å². The third-order valence-corrected chi connectivity index (χ3v) is 5.62. The van der Waals surface area contributed by atoms with E-state index in [1.165, 1.54) is 30.6 Å². The number of guanidine groups is 1. The number of nitrogens with one attached hydrogen (secondary N) is 2. The van der Waals surface area contributed by atoms with Crippen LogP contribution in [0.5, 0.6) is 0 Å². The Morgan fingerprint density at radius 1 is 1.40 bits per heavy atom. The second-order valence-corrected chi connectivity index (χ2v) is 8.12. The van der Waals surface area contributed by atoms with Gasteiger partial charge < -0.3 is 15.1 Å². The summed E-state index contributed by atoms with van der Waals surface area (Å²) in [6, 6.07) is 4.44. The first-order chi connectivity index (χ1) is 12.2. The number of aliphatic imine (C=N–C) groups is 1. The van der Waals surface area contributed by atoms with Crippen LogP contribution in [0.3, 0.4) is 0 Å². The first-order valence-electron chi connectivity index (χ1n) is 9.19. The van der Waals surface area contributed by atoms with Gasteiger partial charge in [-0.05, 0) is 37.8 Å².